The van der Waals surface area contributed by atoms with Gasteiger partial charge in [0.2, 0.25) is 0 Å². The molecule has 0 aliphatic carbocycles. The first-order valence-corrected chi connectivity index (χ1v) is 7.41. The van der Waals surface area contributed by atoms with E-state index in [1.807, 2.05) is 0 Å². The molecule has 0 fully saturated rings. The number of carbonyl (C=O) groups excluding carboxylic acids is 1. The van der Waals surface area contributed by atoms with Gasteiger partial charge in [-0.2, -0.15) is 4.99 Å². The number of hydrogen-bond acceptors (Lipinski definition) is 1. The average Bonchev–Trinajstić information content (AvgIpc) is 2.54. The fourth-order valence-corrected chi connectivity index (χ4v) is 2.90. The second-order valence-electron chi connectivity index (χ2n) is 5.53. The Labute approximate surface area is 145 Å². The number of guanidine groups is 1. The molecule has 0 atom stereocenters. The lowest BCUT2D eigenvalue weighted by Crippen LogP contribution is -2.36. The summed E-state index contributed by atoms with van der Waals surface area (Å²) >= 11 is 0. The summed E-state index contributed by atoms with van der Waals surface area (Å²) in [5, 5.41) is 0. The van der Waals surface area contributed by atoms with Crippen molar-refractivity contribution in [3.8, 4) is 11.1 Å². The Morgan fingerprint density at radius 2 is 1.80 bits per heavy atom. The first-order valence-electron chi connectivity index (χ1n) is 7.41. The van der Waals surface area contributed by atoms with Crippen LogP contribution in [0, 0.1) is 11.6 Å². The van der Waals surface area contributed by atoms with Gasteiger partial charge in [0.25, 0.3) is 0 Å². The lowest BCUT2D eigenvalue weighted by atomic mass is 9.90. The van der Waals surface area contributed by atoms with E-state index in [0.29, 0.717) is 18.5 Å². The van der Waals surface area contributed by atoms with Crippen LogP contribution < -0.4 is 11.5 Å². The van der Waals surface area contributed by atoms with E-state index >= 15 is 0 Å². The van der Waals surface area contributed by atoms with Crippen molar-refractivity contribution in [2.75, 3.05) is 6.54 Å². The summed E-state index contributed by atoms with van der Waals surface area (Å²) < 4.78 is 28.6. The summed E-state index contributed by atoms with van der Waals surface area (Å²) in [5.41, 5.74) is 12.3. The third-order valence-corrected chi connectivity index (χ3v) is 4.00. The van der Waals surface area contributed by atoms with E-state index in [0.717, 1.165) is 5.56 Å². The zero-order valence-corrected chi connectivity index (χ0v) is 12.8. The maximum Gasteiger partial charge on any atom is 0.347 e. The number of amides is 2. The van der Waals surface area contributed by atoms with E-state index in [4.69, 9.17) is 11.5 Å². The Bertz CT molecular complexity index is 832. The standard InChI is InChI=1S/C17H16F2N4O.CH4/c18-13-4-2-1-3-11(13)15-12-9-23(17(24)22-16(20)21)8-7-10(12)5-6-14(15)19;/h1-6H,7-9H2,(H4,20,21,22,24);1H4. The summed E-state index contributed by atoms with van der Waals surface area (Å²) in [6, 6.07) is 8.38. The van der Waals surface area contributed by atoms with Gasteiger partial charge in [0, 0.05) is 24.2 Å². The quantitative estimate of drug-likeness (QED) is 0.615. The van der Waals surface area contributed by atoms with Gasteiger partial charge in [0.1, 0.15) is 11.6 Å². The number of benzene rings is 2. The maximum absolute atomic E-state index is 14.4. The second kappa shape index (κ2) is 7.29. The highest BCUT2D eigenvalue weighted by Gasteiger charge is 2.26. The average molecular weight is 346 g/mol. The molecule has 3 rings (SSSR count). The van der Waals surface area contributed by atoms with Crippen LogP contribution in [-0.4, -0.2) is 23.4 Å². The fraction of sp³-hybridized carbons (Fsp3) is 0.222. The molecule has 1 heterocycles. The molecule has 4 N–H and O–H groups in total. The molecule has 0 bridgehead atoms. The van der Waals surface area contributed by atoms with Crippen LogP contribution in [0.3, 0.4) is 0 Å². The van der Waals surface area contributed by atoms with Gasteiger partial charge in [0.05, 0.1) is 0 Å². The minimum atomic E-state index is -0.593. The van der Waals surface area contributed by atoms with Crippen molar-refractivity contribution in [1.82, 2.24) is 4.90 Å². The summed E-state index contributed by atoms with van der Waals surface area (Å²) in [6.45, 7) is 0.525. The molecule has 132 valence electrons. The van der Waals surface area contributed by atoms with Gasteiger partial charge in [-0.1, -0.05) is 31.7 Å². The Morgan fingerprint density at radius 3 is 2.48 bits per heavy atom. The van der Waals surface area contributed by atoms with Gasteiger partial charge in [-0.3, -0.25) is 0 Å². The first-order chi connectivity index (χ1) is 11.5. The van der Waals surface area contributed by atoms with E-state index in [1.165, 1.54) is 23.1 Å². The van der Waals surface area contributed by atoms with Crippen LogP contribution in [0.5, 0.6) is 0 Å². The molecule has 0 radical (unpaired) electrons. The van der Waals surface area contributed by atoms with Crippen LogP contribution in [0.25, 0.3) is 11.1 Å². The van der Waals surface area contributed by atoms with E-state index < -0.39 is 17.7 Å². The topological polar surface area (TPSA) is 84.7 Å². The summed E-state index contributed by atoms with van der Waals surface area (Å²) in [7, 11) is 0. The summed E-state index contributed by atoms with van der Waals surface area (Å²) in [5.74, 6) is -1.38. The minimum Gasteiger partial charge on any atom is -0.370 e. The summed E-state index contributed by atoms with van der Waals surface area (Å²) in [6.07, 6.45) is 0.517. The Hall–Kier alpha value is -2.96. The van der Waals surface area contributed by atoms with E-state index in [-0.39, 0.29) is 31.1 Å². The molecular formula is C18H20F2N4O. The number of carbonyl (C=O) groups is 1. The molecule has 1 aliphatic rings. The number of nitrogens with two attached hydrogens (primary N) is 2. The van der Waals surface area contributed by atoms with Crippen molar-refractivity contribution >= 4 is 12.0 Å². The third-order valence-electron chi connectivity index (χ3n) is 4.00. The first kappa shape index (κ1) is 18.4. The largest absolute Gasteiger partial charge is 0.370 e. The van der Waals surface area contributed by atoms with Crippen LogP contribution in [0.4, 0.5) is 13.6 Å². The molecule has 25 heavy (non-hydrogen) atoms. The molecule has 7 heteroatoms. The Morgan fingerprint density at radius 1 is 1.08 bits per heavy atom. The zero-order valence-electron chi connectivity index (χ0n) is 12.8. The lowest BCUT2D eigenvalue weighted by molar-refractivity contribution is 0.202. The van der Waals surface area contributed by atoms with Crippen molar-refractivity contribution in [3.05, 3.63) is 59.2 Å². The van der Waals surface area contributed by atoms with Crippen molar-refractivity contribution in [3.63, 3.8) is 0 Å². The highest BCUT2D eigenvalue weighted by Crippen LogP contribution is 2.34. The fourth-order valence-electron chi connectivity index (χ4n) is 2.90. The van der Waals surface area contributed by atoms with Crippen LogP contribution in [0.15, 0.2) is 41.4 Å². The SMILES string of the molecule is C.NC(N)=NC(=O)N1CCc2ccc(F)c(-c3ccccc3F)c2C1. The maximum atomic E-state index is 14.4. The van der Waals surface area contributed by atoms with Crippen LogP contribution in [-0.2, 0) is 13.0 Å². The Balaban J connectivity index is 0.00000225. The van der Waals surface area contributed by atoms with Crippen LogP contribution in [0.2, 0.25) is 0 Å². The molecule has 2 aromatic carbocycles. The van der Waals surface area contributed by atoms with E-state index in [1.54, 1.807) is 18.2 Å². The molecule has 2 amide bonds. The number of urea groups is 1. The predicted octanol–water partition coefficient (Wildman–Crippen LogP) is 3.02. The number of halogens is 2. The molecule has 0 aromatic heterocycles. The zero-order chi connectivity index (χ0) is 17.3. The number of aliphatic imine (C=N–C) groups is 1. The van der Waals surface area contributed by atoms with Gasteiger partial charge in [-0.05, 0) is 29.7 Å². The number of rotatable bonds is 1. The molecule has 0 saturated heterocycles. The molecule has 5 nitrogen and oxygen atoms in total. The van der Waals surface area contributed by atoms with E-state index in [2.05, 4.69) is 4.99 Å². The number of nitrogens with zero attached hydrogens (tertiary/aromatic N) is 2. The van der Waals surface area contributed by atoms with Crippen molar-refractivity contribution in [2.45, 2.75) is 20.4 Å². The highest BCUT2D eigenvalue weighted by atomic mass is 19.1. The molecular weight excluding hydrogens is 326 g/mol. The number of fused-ring (bicyclic) bond motifs is 1. The van der Waals surface area contributed by atoms with Gasteiger partial charge in [0.15, 0.2) is 5.96 Å². The van der Waals surface area contributed by atoms with Crippen LogP contribution in [0.1, 0.15) is 18.6 Å². The third kappa shape index (κ3) is 3.60. The second-order valence-corrected chi connectivity index (χ2v) is 5.53. The normalized spacial score (nSPS) is 12.8. The van der Waals surface area contributed by atoms with Crippen molar-refractivity contribution in [1.29, 1.82) is 0 Å². The smallest absolute Gasteiger partial charge is 0.347 e. The Kier molecular flexibility index (Phi) is 5.36. The lowest BCUT2D eigenvalue weighted by Gasteiger charge is -2.29. The molecule has 0 saturated carbocycles. The van der Waals surface area contributed by atoms with E-state index in [9.17, 15) is 13.6 Å². The summed E-state index contributed by atoms with van der Waals surface area (Å²) in [4.78, 5) is 16.9. The molecule has 0 spiro atoms. The molecule has 0 unspecified atom stereocenters. The predicted molar refractivity (Wildman–Crippen MR) is 93.8 cm³/mol. The van der Waals surface area contributed by atoms with Gasteiger partial charge < -0.3 is 16.4 Å². The monoisotopic (exact) mass is 346 g/mol. The molecule has 2 aromatic rings. The van der Waals surface area contributed by atoms with Crippen molar-refractivity contribution < 1.29 is 13.6 Å². The van der Waals surface area contributed by atoms with Crippen LogP contribution >= 0.6 is 0 Å². The number of hydrogen-bond donors (Lipinski definition) is 2. The molecule has 1 aliphatic heterocycles. The minimum absolute atomic E-state index is 0. The van der Waals surface area contributed by atoms with Gasteiger partial charge >= 0.3 is 6.03 Å². The van der Waals surface area contributed by atoms with Crippen molar-refractivity contribution in [2.24, 2.45) is 16.5 Å². The highest BCUT2D eigenvalue weighted by molar-refractivity contribution is 5.90. The van der Waals surface area contributed by atoms with Gasteiger partial charge in [-0.15, -0.1) is 0 Å². The van der Waals surface area contributed by atoms with Gasteiger partial charge in [-0.25, -0.2) is 13.6 Å².